The topological polar surface area (TPSA) is 126 Å². The van der Waals surface area contributed by atoms with Crippen LogP contribution < -0.4 is 16.0 Å². The first kappa shape index (κ1) is 27.8. The van der Waals surface area contributed by atoms with Gasteiger partial charge in [-0.1, -0.05) is 22.0 Å². The highest BCUT2D eigenvalue weighted by molar-refractivity contribution is 9.10. The van der Waals surface area contributed by atoms with Crippen molar-refractivity contribution < 1.29 is 19.1 Å². The largest absolute Gasteiger partial charge is 0.465 e. The van der Waals surface area contributed by atoms with Gasteiger partial charge in [-0.3, -0.25) is 19.3 Å². The lowest BCUT2D eigenvalue weighted by atomic mass is 10.2. The maximum Gasteiger partial charge on any atom is 0.320 e. The van der Waals surface area contributed by atoms with Crippen molar-refractivity contribution in [1.29, 1.82) is 0 Å². The van der Waals surface area contributed by atoms with Crippen molar-refractivity contribution in [2.24, 2.45) is 0 Å². The molecule has 0 radical (unpaired) electrons. The summed E-state index contributed by atoms with van der Waals surface area (Å²) in [5.41, 5.74) is 2.11. The molecule has 0 atom stereocenters. The summed E-state index contributed by atoms with van der Waals surface area (Å²) in [4.78, 5) is 46.3. The number of hydrogen-bond acceptors (Lipinski definition) is 8. The molecule has 37 heavy (non-hydrogen) atoms. The second-order valence-electron chi connectivity index (χ2n) is 8.10. The number of fused-ring (bicyclic) bond motifs is 1. The molecule has 0 fully saturated rings. The lowest BCUT2D eigenvalue weighted by Gasteiger charge is -2.15. The highest BCUT2D eigenvalue weighted by Crippen LogP contribution is 2.26. The van der Waals surface area contributed by atoms with E-state index in [1.54, 1.807) is 25.1 Å². The molecule has 0 bridgehead atoms. The van der Waals surface area contributed by atoms with Crippen molar-refractivity contribution in [2.45, 2.75) is 13.3 Å². The fourth-order valence-corrected chi connectivity index (χ4v) is 3.80. The molecule has 0 aliphatic heterocycles. The summed E-state index contributed by atoms with van der Waals surface area (Å²) in [7, 11) is 1.81. The number of benzene rings is 2. The average Bonchev–Trinajstić information content (AvgIpc) is 2.86. The third kappa shape index (κ3) is 9.28. The number of ether oxygens (including phenoxy) is 1. The summed E-state index contributed by atoms with van der Waals surface area (Å²) in [6.45, 7) is 3.34. The summed E-state index contributed by atoms with van der Waals surface area (Å²) in [5, 5.41) is 9.47. The lowest BCUT2D eigenvalue weighted by Crippen LogP contribution is -2.31. The van der Waals surface area contributed by atoms with Gasteiger partial charge in [0.05, 0.1) is 18.7 Å². The number of anilines is 3. The van der Waals surface area contributed by atoms with E-state index >= 15 is 0 Å². The van der Waals surface area contributed by atoms with E-state index in [4.69, 9.17) is 4.74 Å². The maximum atomic E-state index is 12.4. The minimum Gasteiger partial charge on any atom is -0.465 e. The van der Waals surface area contributed by atoms with Crippen molar-refractivity contribution in [3.63, 3.8) is 0 Å². The second kappa shape index (κ2) is 14.0. The molecule has 0 aliphatic rings. The molecule has 0 unspecified atom stereocenters. The van der Waals surface area contributed by atoms with Gasteiger partial charge in [0.25, 0.3) is 0 Å². The Morgan fingerprint density at radius 1 is 1.05 bits per heavy atom. The van der Waals surface area contributed by atoms with Crippen LogP contribution in [0.1, 0.15) is 13.3 Å². The Bertz CT molecular complexity index is 1280. The SMILES string of the molecule is CCOC(=O)CN(C)CCCNC(=O)/C=C/C(=O)Nc1ccc2ncnc(Nc3cccc(Br)c3)c2c1. The number of carbonyl (C=O) groups excluding carboxylic acids is 3. The van der Waals surface area contributed by atoms with E-state index in [-0.39, 0.29) is 18.4 Å². The van der Waals surface area contributed by atoms with Crippen LogP contribution in [-0.4, -0.2) is 65.9 Å². The van der Waals surface area contributed by atoms with Gasteiger partial charge in [0.1, 0.15) is 12.1 Å². The van der Waals surface area contributed by atoms with Crippen LogP contribution >= 0.6 is 15.9 Å². The fraction of sp³-hybridized carbons (Fsp3) is 0.269. The average molecular weight is 569 g/mol. The smallest absolute Gasteiger partial charge is 0.320 e. The third-order valence-electron chi connectivity index (χ3n) is 5.10. The number of rotatable bonds is 12. The summed E-state index contributed by atoms with van der Waals surface area (Å²) in [6, 6.07) is 13.0. The molecule has 3 aromatic rings. The summed E-state index contributed by atoms with van der Waals surface area (Å²) < 4.78 is 5.83. The van der Waals surface area contributed by atoms with Gasteiger partial charge in [-0.15, -0.1) is 0 Å². The number of aromatic nitrogens is 2. The molecule has 3 rings (SSSR count). The molecule has 3 N–H and O–H groups in total. The van der Waals surface area contributed by atoms with Crippen LogP contribution in [0.4, 0.5) is 17.2 Å². The first-order chi connectivity index (χ1) is 17.8. The van der Waals surface area contributed by atoms with E-state index in [2.05, 4.69) is 41.8 Å². The molecule has 0 spiro atoms. The molecule has 10 nitrogen and oxygen atoms in total. The maximum absolute atomic E-state index is 12.4. The minimum absolute atomic E-state index is 0.199. The zero-order valence-electron chi connectivity index (χ0n) is 20.7. The highest BCUT2D eigenvalue weighted by atomic mass is 79.9. The van der Waals surface area contributed by atoms with Gasteiger partial charge in [0, 0.05) is 46.5 Å². The Labute approximate surface area is 223 Å². The molecule has 0 aliphatic carbocycles. The predicted octanol–water partition coefficient (Wildman–Crippen LogP) is 3.63. The monoisotopic (exact) mass is 568 g/mol. The molecule has 0 saturated carbocycles. The number of carbonyl (C=O) groups is 3. The van der Waals surface area contributed by atoms with Crippen LogP contribution in [-0.2, 0) is 19.1 Å². The van der Waals surface area contributed by atoms with E-state index in [1.807, 2.05) is 36.2 Å². The molecular weight excluding hydrogens is 540 g/mol. The number of nitrogens with zero attached hydrogens (tertiary/aromatic N) is 3. The number of esters is 1. The fourth-order valence-electron chi connectivity index (χ4n) is 3.40. The van der Waals surface area contributed by atoms with Crippen molar-refractivity contribution in [3.05, 3.63) is 65.4 Å². The quantitative estimate of drug-likeness (QED) is 0.172. The first-order valence-electron chi connectivity index (χ1n) is 11.7. The van der Waals surface area contributed by atoms with Gasteiger partial charge < -0.3 is 20.7 Å². The molecule has 1 heterocycles. The van der Waals surface area contributed by atoms with Crippen molar-refractivity contribution in [1.82, 2.24) is 20.2 Å². The van der Waals surface area contributed by atoms with Gasteiger partial charge in [-0.25, -0.2) is 9.97 Å². The zero-order valence-corrected chi connectivity index (χ0v) is 22.2. The van der Waals surface area contributed by atoms with Gasteiger partial charge >= 0.3 is 5.97 Å². The molecule has 194 valence electrons. The molecule has 0 saturated heterocycles. The molecule has 1 aromatic heterocycles. The van der Waals surface area contributed by atoms with Crippen LogP contribution in [0.5, 0.6) is 0 Å². The minimum atomic E-state index is -0.443. The van der Waals surface area contributed by atoms with Crippen LogP contribution in [0.3, 0.4) is 0 Å². The Hall–Kier alpha value is -3.83. The Morgan fingerprint density at radius 3 is 2.65 bits per heavy atom. The van der Waals surface area contributed by atoms with Gasteiger partial charge in [-0.05, 0) is 56.8 Å². The Kier molecular flexibility index (Phi) is 10.5. The predicted molar refractivity (Wildman–Crippen MR) is 146 cm³/mol. The van der Waals surface area contributed by atoms with Crippen LogP contribution in [0, 0.1) is 0 Å². The summed E-state index contributed by atoms with van der Waals surface area (Å²) in [5.74, 6) is -0.501. The lowest BCUT2D eigenvalue weighted by molar-refractivity contribution is -0.144. The van der Waals surface area contributed by atoms with Crippen molar-refractivity contribution >= 4 is 61.8 Å². The number of likely N-dealkylation sites (N-methyl/N-ethyl adjacent to an activating group) is 1. The van der Waals surface area contributed by atoms with E-state index in [1.165, 1.54) is 18.5 Å². The molecular formula is C26H29BrN6O4. The Balaban J connectivity index is 1.50. The van der Waals surface area contributed by atoms with E-state index < -0.39 is 5.91 Å². The van der Waals surface area contributed by atoms with Gasteiger partial charge in [0.15, 0.2) is 0 Å². The van der Waals surface area contributed by atoms with Crippen LogP contribution in [0.2, 0.25) is 0 Å². The van der Waals surface area contributed by atoms with Crippen LogP contribution in [0.15, 0.2) is 65.4 Å². The highest BCUT2D eigenvalue weighted by Gasteiger charge is 2.09. The number of amides is 2. The summed E-state index contributed by atoms with van der Waals surface area (Å²) in [6.07, 6.45) is 4.48. The normalized spacial score (nSPS) is 11.0. The van der Waals surface area contributed by atoms with Gasteiger partial charge in [0.2, 0.25) is 11.8 Å². The van der Waals surface area contributed by atoms with E-state index in [0.717, 1.165) is 15.5 Å². The van der Waals surface area contributed by atoms with E-state index in [0.29, 0.717) is 43.1 Å². The second-order valence-corrected chi connectivity index (χ2v) is 9.02. The van der Waals surface area contributed by atoms with Crippen molar-refractivity contribution in [3.8, 4) is 0 Å². The van der Waals surface area contributed by atoms with Crippen molar-refractivity contribution in [2.75, 3.05) is 43.9 Å². The van der Waals surface area contributed by atoms with Gasteiger partial charge in [-0.2, -0.15) is 0 Å². The standard InChI is InChI=1S/C26H29BrN6O4/c1-3-37-25(36)16-33(2)13-5-12-28-23(34)10-11-24(35)31-20-8-9-22-21(15-20)26(30-17-29-22)32-19-7-4-6-18(27)14-19/h4,6-11,14-15,17H,3,5,12-13,16H2,1-2H3,(H,28,34)(H,31,35)(H,29,30,32)/b11-10+. The summed E-state index contributed by atoms with van der Waals surface area (Å²) >= 11 is 3.45. The first-order valence-corrected chi connectivity index (χ1v) is 12.5. The van der Waals surface area contributed by atoms with E-state index in [9.17, 15) is 14.4 Å². The Morgan fingerprint density at radius 2 is 1.86 bits per heavy atom. The number of halogens is 1. The molecule has 2 aromatic carbocycles. The third-order valence-corrected chi connectivity index (χ3v) is 5.59. The number of nitrogens with one attached hydrogen (secondary N) is 3. The number of hydrogen-bond donors (Lipinski definition) is 3. The molecule has 2 amide bonds. The molecule has 11 heteroatoms. The van der Waals surface area contributed by atoms with Crippen LogP contribution in [0.25, 0.3) is 10.9 Å². The zero-order chi connectivity index (χ0) is 26.6.